The van der Waals surface area contributed by atoms with E-state index < -0.39 is 5.60 Å². The molecule has 3 rings (SSSR count). The molecular formula is C12H18N6O. The molecule has 2 aromatic rings. The number of imidazole rings is 1. The van der Waals surface area contributed by atoms with Crippen LogP contribution in [0.3, 0.4) is 0 Å². The van der Waals surface area contributed by atoms with Crippen LogP contribution in [0.5, 0.6) is 0 Å². The van der Waals surface area contributed by atoms with E-state index in [4.69, 9.17) is 0 Å². The third kappa shape index (κ3) is 2.33. The van der Waals surface area contributed by atoms with Crippen LogP contribution in [0.4, 0.5) is 11.8 Å². The fraction of sp³-hybridized carbons (Fsp3) is 0.583. The van der Waals surface area contributed by atoms with Gasteiger partial charge in [-0.15, -0.1) is 0 Å². The topological polar surface area (TPSA) is 98.8 Å². The highest BCUT2D eigenvalue weighted by Gasteiger charge is 2.31. The van der Waals surface area contributed by atoms with Crippen molar-refractivity contribution in [3.8, 4) is 0 Å². The zero-order chi connectivity index (χ0) is 13.3. The second-order valence-corrected chi connectivity index (χ2v) is 5.03. The summed E-state index contributed by atoms with van der Waals surface area (Å²) in [6.45, 7) is 0.501. The lowest BCUT2D eigenvalue weighted by atomic mass is 10.0. The van der Waals surface area contributed by atoms with E-state index in [1.807, 2.05) is 0 Å². The van der Waals surface area contributed by atoms with Gasteiger partial charge < -0.3 is 20.7 Å². The summed E-state index contributed by atoms with van der Waals surface area (Å²) in [6.07, 6.45) is 5.45. The van der Waals surface area contributed by atoms with Crippen molar-refractivity contribution in [1.29, 1.82) is 0 Å². The van der Waals surface area contributed by atoms with Crippen LogP contribution in [-0.2, 0) is 0 Å². The average Bonchev–Trinajstić information content (AvgIpc) is 3.04. The normalized spacial score (nSPS) is 17.8. The maximum absolute atomic E-state index is 10.4. The Morgan fingerprint density at radius 3 is 2.89 bits per heavy atom. The molecule has 7 heteroatoms. The second kappa shape index (κ2) is 4.65. The molecule has 0 unspecified atom stereocenters. The molecule has 0 amide bonds. The van der Waals surface area contributed by atoms with Crippen molar-refractivity contribution in [2.45, 2.75) is 31.3 Å². The van der Waals surface area contributed by atoms with Crippen LogP contribution in [-0.4, -0.2) is 44.2 Å². The number of rotatable bonds is 4. The summed E-state index contributed by atoms with van der Waals surface area (Å²) < 4.78 is 0. The van der Waals surface area contributed by atoms with Crippen LogP contribution >= 0.6 is 0 Å². The van der Waals surface area contributed by atoms with E-state index in [0.29, 0.717) is 24.0 Å². The molecule has 4 N–H and O–H groups in total. The van der Waals surface area contributed by atoms with Gasteiger partial charge in [-0.25, -0.2) is 4.98 Å². The van der Waals surface area contributed by atoms with Crippen LogP contribution in [0.2, 0.25) is 0 Å². The molecule has 0 spiro atoms. The molecule has 19 heavy (non-hydrogen) atoms. The molecular weight excluding hydrogens is 244 g/mol. The number of aromatic nitrogens is 4. The summed E-state index contributed by atoms with van der Waals surface area (Å²) in [5.74, 6) is 1.19. The minimum atomic E-state index is -0.614. The number of H-pyrrole nitrogens is 1. The maximum Gasteiger partial charge on any atom is 0.226 e. The van der Waals surface area contributed by atoms with Gasteiger partial charge in [-0.3, -0.25) is 0 Å². The first-order chi connectivity index (χ1) is 9.20. The van der Waals surface area contributed by atoms with Gasteiger partial charge in [0.2, 0.25) is 5.95 Å². The molecule has 0 bridgehead atoms. The quantitative estimate of drug-likeness (QED) is 0.659. The van der Waals surface area contributed by atoms with Gasteiger partial charge >= 0.3 is 0 Å². The molecule has 102 valence electrons. The monoisotopic (exact) mass is 262 g/mol. The van der Waals surface area contributed by atoms with E-state index >= 15 is 0 Å². The lowest BCUT2D eigenvalue weighted by Gasteiger charge is -2.22. The summed E-state index contributed by atoms with van der Waals surface area (Å²) in [6, 6.07) is 0. The van der Waals surface area contributed by atoms with E-state index in [0.717, 1.165) is 31.2 Å². The maximum atomic E-state index is 10.4. The number of anilines is 2. The zero-order valence-electron chi connectivity index (χ0n) is 10.9. The third-order valence-corrected chi connectivity index (χ3v) is 3.63. The molecule has 0 saturated heterocycles. The van der Waals surface area contributed by atoms with Gasteiger partial charge in [-0.1, -0.05) is 12.8 Å². The van der Waals surface area contributed by atoms with Crippen LogP contribution in [0.15, 0.2) is 6.33 Å². The Hall–Kier alpha value is -1.89. The van der Waals surface area contributed by atoms with Crippen LogP contribution in [0, 0.1) is 0 Å². The van der Waals surface area contributed by atoms with Crippen molar-refractivity contribution in [2.24, 2.45) is 0 Å². The highest BCUT2D eigenvalue weighted by molar-refractivity contribution is 5.83. The van der Waals surface area contributed by atoms with Crippen molar-refractivity contribution in [3.05, 3.63) is 6.33 Å². The van der Waals surface area contributed by atoms with E-state index in [9.17, 15) is 5.11 Å². The fourth-order valence-electron chi connectivity index (χ4n) is 2.53. The molecule has 1 saturated carbocycles. The third-order valence-electron chi connectivity index (χ3n) is 3.63. The first kappa shape index (κ1) is 12.2. The molecule has 1 aliphatic rings. The largest absolute Gasteiger partial charge is 0.388 e. The first-order valence-corrected chi connectivity index (χ1v) is 6.55. The first-order valence-electron chi connectivity index (χ1n) is 6.55. The highest BCUT2D eigenvalue weighted by Crippen LogP contribution is 2.30. The zero-order valence-corrected chi connectivity index (χ0v) is 10.9. The van der Waals surface area contributed by atoms with Gasteiger partial charge in [-0.2, -0.15) is 9.97 Å². The molecule has 1 aliphatic carbocycles. The average molecular weight is 262 g/mol. The van der Waals surface area contributed by atoms with E-state index in [-0.39, 0.29) is 0 Å². The van der Waals surface area contributed by atoms with Gasteiger partial charge in [0.15, 0.2) is 11.5 Å². The van der Waals surface area contributed by atoms with Crippen molar-refractivity contribution in [3.63, 3.8) is 0 Å². The lowest BCUT2D eigenvalue weighted by molar-refractivity contribution is 0.0614. The van der Waals surface area contributed by atoms with Crippen molar-refractivity contribution < 1.29 is 5.11 Å². The van der Waals surface area contributed by atoms with Gasteiger partial charge in [0.1, 0.15) is 5.52 Å². The molecule has 0 aromatic carbocycles. The molecule has 0 atom stereocenters. The summed E-state index contributed by atoms with van der Waals surface area (Å²) in [5, 5.41) is 16.5. The van der Waals surface area contributed by atoms with Crippen LogP contribution in [0.1, 0.15) is 25.7 Å². The summed E-state index contributed by atoms with van der Waals surface area (Å²) in [7, 11) is 1.77. The fourth-order valence-corrected chi connectivity index (χ4v) is 2.53. The number of hydrogen-bond acceptors (Lipinski definition) is 6. The Morgan fingerprint density at radius 1 is 1.37 bits per heavy atom. The lowest BCUT2D eigenvalue weighted by Crippen LogP contribution is -2.33. The van der Waals surface area contributed by atoms with Gasteiger partial charge in [0.25, 0.3) is 0 Å². The van der Waals surface area contributed by atoms with Gasteiger partial charge in [0.05, 0.1) is 11.9 Å². The smallest absolute Gasteiger partial charge is 0.226 e. The van der Waals surface area contributed by atoms with E-state index in [1.54, 1.807) is 13.4 Å². The Bertz CT molecular complexity index is 575. The predicted molar refractivity (Wildman–Crippen MR) is 73.1 cm³/mol. The summed E-state index contributed by atoms with van der Waals surface area (Å²) in [4.78, 5) is 15.8. The van der Waals surface area contributed by atoms with Crippen molar-refractivity contribution in [1.82, 2.24) is 19.9 Å². The molecule has 2 aromatic heterocycles. The number of hydrogen-bond donors (Lipinski definition) is 4. The van der Waals surface area contributed by atoms with E-state index in [2.05, 4.69) is 30.6 Å². The van der Waals surface area contributed by atoms with Crippen molar-refractivity contribution in [2.75, 3.05) is 24.2 Å². The Morgan fingerprint density at radius 2 is 2.16 bits per heavy atom. The second-order valence-electron chi connectivity index (χ2n) is 5.03. The number of fused-ring (bicyclic) bond motifs is 1. The molecule has 2 heterocycles. The van der Waals surface area contributed by atoms with E-state index in [1.165, 1.54) is 0 Å². The molecule has 7 nitrogen and oxygen atoms in total. The Kier molecular flexibility index (Phi) is 2.98. The highest BCUT2D eigenvalue weighted by atomic mass is 16.3. The minimum Gasteiger partial charge on any atom is -0.388 e. The molecule has 1 fully saturated rings. The number of aliphatic hydroxyl groups is 1. The predicted octanol–water partition coefficient (Wildman–Crippen LogP) is 1.11. The summed E-state index contributed by atoms with van der Waals surface area (Å²) >= 11 is 0. The van der Waals surface area contributed by atoms with Crippen molar-refractivity contribution >= 4 is 22.9 Å². The standard InChI is InChI=1S/C12H18N6O/c1-13-11-17-9(8-10(18-11)16-7-15-8)14-6-12(19)4-2-3-5-12/h7,19H,2-6H2,1H3,(H3,13,14,15,16,17,18). The molecule has 0 radical (unpaired) electrons. The van der Waals surface area contributed by atoms with Crippen LogP contribution in [0.25, 0.3) is 11.2 Å². The summed E-state index contributed by atoms with van der Waals surface area (Å²) in [5.41, 5.74) is 0.762. The Labute approximate surface area is 110 Å². The number of aromatic amines is 1. The van der Waals surface area contributed by atoms with Gasteiger partial charge in [0, 0.05) is 13.6 Å². The van der Waals surface area contributed by atoms with Crippen LogP contribution < -0.4 is 10.6 Å². The number of nitrogens with one attached hydrogen (secondary N) is 3. The molecule has 0 aliphatic heterocycles. The number of nitrogens with zero attached hydrogens (tertiary/aromatic N) is 3. The van der Waals surface area contributed by atoms with Gasteiger partial charge in [-0.05, 0) is 12.8 Å². The Balaban J connectivity index is 1.85. The SMILES string of the molecule is CNc1nc(NCC2(O)CCCC2)c2[nH]cnc2n1. The minimum absolute atomic E-state index is 0.501.